The Labute approximate surface area is 127 Å². The molecule has 1 saturated carbocycles. The van der Waals surface area contributed by atoms with Crippen molar-refractivity contribution in [2.75, 3.05) is 0 Å². The molecule has 0 aromatic heterocycles. The van der Waals surface area contributed by atoms with Gasteiger partial charge in [-0.3, -0.25) is 4.79 Å². The molecule has 0 heterocycles. The number of ether oxygens (including phenoxy) is 1. The van der Waals surface area contributed by atoms with Crippen LogP contribution in [-0.2, 0) is 16.0 Å². The highest BCUT2D eigenvalue weighted by Crippen LogP contribution is 2.60. The number of rotatable bonds is 3. The Kier molecular flexibility index (Phi) is 3.64. The minimum Gasteiger partial charge on any atom is -0.460 e. The van der Waals surface area contributed by atoms with Crippen LogP contribution in [0.25, 0.3) is 0 Å². The Hall–Kier alpha value is -1.57. The molecule has 3 atom stereocenters. The zero-order chi connectivity index (χ0) is 15.0. The van der Waals surface area contributed by atoms with Crippen LogP contribution in [0.1, 0.15) is 50.7 Å². The monoisotopic (exact) mass is 284 g/mol. The molecule has 0 bridgehead atoms. The van der Waals surface area contributed by atoms with Gasteiger partial charge in [0.25, 0.3) is 0 Å². The van der Waals surface area contributed by atoms with Gasteiger partial charge in [0.05, 0.1) is 6.42 Å². The van der Waals surface area contributed by atoms with Gasteiger partial charge in [0, 0.05) is 0 Å². The number of esters is 1. The molecule has 0 unspecified atom stereocenters. The van der Waals surface area contributed by atoms with E-state index in [2.05, 4.69) is 30.3 Å². The average molecular weight is 284 g/mol. The Balaban J connectivity index is 1.57. The molecule has 112 valence electrons. The zero-order valence-electron chi connectivity index (χ0n) is 13.1. The van der Waals surface area contributed by atoms with E-state index in [1.165, 1.54) is 24.0 Å². The molecule has 3 rings (SSSR count). The van der Waals surface area contributed by atoms with E-state index in [9.17, 15) is 4.79 Å². The van der Waals surface area contributed by atoms with Gasteiger partial charge in [0.2, 0.25) is 0 Å². The summed E-state index contributed by atoms with van der Waals surface area (Å²) in [5.74, 6) is 1.96. The maximum absolute atomic E-state index is 11.7. The van der Waals surface area contributed by atoms with Gasteiger partial charge < -0.3 is 4.74 Å². The quantitative estimate of drug-likeness (QED) is 0.612. The third-order valence-electron chi connectivity index (χ3n) is 4.45. The molecular formula is C19H24O2. The lowest BCUT2D eigenvalue weighted by Crippen LogP contribution is -2.23. The van der Waals surface area contributed by atoms with Crippen molar-refractivity contribution in [3.8, 4) is 0 Å². The third-order valence-corrected chi connectivity index (χ3v) is 4.45. The maximum Gasteiger partial charge on any atom is 0.310 e. The Morgan fingerprint density at radius 1 is 1.33 bits per heavy atom. The summed E-state index contributed by atoms with van der Waals surface area (Å²) in [6, 6.07) is 8.80. The number of hydrogen-bond donors (Lipinski definition) is 0. The van der Waals surface area contributed by atoms with Gasteiger partial charge in [-0.2, -0.15) is 0 Å². The lowest BCUT2D eigenvalue weighted by molar-refractivity contribution is -0.153. The molecule has 0 saturated heterocycles. The van der Waals surface area contributed by atoms with Crippen LogP contribution in [0.5, 0.6) is 0 Å². The van der Waals surface area contributed by atoms with E-state index >= 15 is 0 Å². The summed E-state index contributed by atoms with van der Waals surface area (Å²) in [5.41, 5.74) is 2.65. The summed E-state index contributed by atoms with van der Waals surface area (Å²) in [7, 11) is 0. The van der Waals surface area contributed by atoms with Gasteiger partial charge in [-0.25, -0.2) is 0 Å². The molecule has 2 nitrogen and oxygen atoms in total. The van der Waals surface area contributed by atoms with Crippen LogP contribution in [-0.4, -0.2) is 11.6 Å². The first-order valence-electron chi connectivity index (χ1n) is 7.92. The van der Waals surface area contributed by atoms with Crippen molar-refractivity contribution in [2.24, 2.45) is 11.8 Å². The first kappa shape index (κ1) is 14.4. The van der Waals surface area contributed by atoms with Crippen LogP contribution < -0.4 is 0 Å². The van der Waals surface area contributed by atoms with Gasteiger partial charge in [0.1, 0.15) is 5.60 Å². The SMILES string of the molecule is CC(C)(C)OC(=O)C/C=C\[C@H]1[C@@H]2CCc3ccccc3[C@H]12. The summed E-state index contributed by atoms with van der Waals surface area (Å²) >= 11 is 0. The molecule has 1 aromatic rings. The van der Waals surface area contributed by atoms with Gasteiger partial charge in [-0.05, 0) is 62.5 Å². The molecule has 2 heteroatoms. The number of hydrogen-bond acceptors (Lipinski definition) is 2. The van der Waals surface area contributed by atoms with E-state index < -0.39 is 5.60 Å². The van der Waals surface area contributed by atoms with E-state index in [1.807, 2.05) is 26.8 Å². The number of aryl methyl sites for hydroxylation is 1. The van der Waals surface area contributed by atoms with E-state index in [1.54, 1.807) is 0 Å². The lowest BCUT2D eigenvalue weighted by Gasteiger charge is -2.18. The average Bonchev–Trinajstić information content (AvgIpc) is 3.11. The van der Waals surface area contributed by atoms with Crippen molar-refractivity contribution in [3.63, 3.8) is 0 Å². The first-order valence-corrected chi connectivity index (χ1v) is 7.92. The normalized spacial score (nSPS) is 27.1. The molecule has 0 N–H and O–H groups in total. The van der Waals surface area contributed by atoms with Crippen LogP contribution in [0.3, 0.4) is 0 Å². The van der Waals surface area contributed by atoms with E-state index in [0.29, 0.717) is 18.3 Å². The lowest BCUT2D eigenvalue weighted by atomic mass is 9.92. The van der Waals surface area contributed by atoms with Crippen molar-refractivity contribution in [1.29, 1.82) is 0 Å². The number of carbonyl (C=O) groups is 1. The fourth-order valence-electron chi connectivity index (χ4n) is 3.59. The fourth-order valence-corrected chi connectivity index (χ4v) is 3.59. The Morgan fingerprint density at radius 2 is 2.10 bits per heavy atom. The summed E-state index contributed by atoms with van der Waals surface area (Å²) in [4.78, 5) is 11.7. The van der Waals surface area contributed by atoms with E-state index in [4.69, 9.17) is 4.74 Å². The molecular weight excluding hydrogens is 260 g/mol. The summed E-state index contributed by atoms with van der Waals surface area (Å²) in [6.45, 7) is 5.71. The fraction of sp³-hybridized carbons (Fsp3) is 0.526. The summed E-state index contributed by atoms with van der Waals surface area (Å²) < 4.78 is 5.32. The summed E-state index contributed by atoms with van der Waals surface area (Å²) in [6.07, 6.45) is 7.10. The number of carbonyl (C=O) groups excluding carboxylic acids is 1. The molecule has 0 radical (unpaired) electrons. The molecule has 2 aliphatic carbocycles. The Bertz CT molecular complexity index is 565. The minimum atomic E-state index is -0.391. The molecule has 0 amide bonds. The van der Waals surface area contributed by atoms with Crippen molar-refractivity contribution >= 4 is 5.97 Å². The van der Waals surface area contributed by atoms with Crippen molar-refractivity contribution in [3.05, 3.63) is 47.5 Å². The standard InChI is InChI=1S/C19H24O2/c1-19(2,3)21-17(20)10-6-9-15-16-12-11-13-7-4-5-8-14(13)18(15)16/h4-9,15-16,18H,10-12H2,1-3H3/b9-6-/t15-,16-,18+/m0/s1. The number of fused-ring (bicyclic) bond motifs is 3. The highest BCUT2D eigenvalue weighted by Gasteiger charge is 2.51. The topological polar surface area (TPSA) is 26.3 Å². The first-order chi connectivity index (χ1) is 9.96. The van der Waals surface area contributed by atoms with Crippen molar-refractivity contribution in [2.45, 2.75) is 51.6 Å². The summed E-state index contributed by atoms with van der Waals surface area (Å²) in [5, 5.41) is 0. The number of allylic oxidation sites excluding steroid dienone is 1. The van der Waals surface area contributed by atoms with Crippen LogP contribution in [0.15, 0.2) is 36.4 Å². The van der Waals surface area contributed by atoms with E-state index in [-0.39, 0.29) is 5.97 Å². The molecule has 0 spiro atoms. The van der Waals surface area contributed by atoms with Crippen molar-refractivity contribution < 1.29 is 9.53 Å². The largest absolute Gasteiger partial charge is 0.460 e. The molecule has 1 aromatic carbocycles. The predicted octanol–water partition coefficient (Wildman–Crippen LogP) is 4.25. The number of benzene rings is 1. The van der Waals surface area contributed by atoms with Gasteiger partial charge in [-0.15, -0.1) is 0 Å². The van der Waals surface area contributed by atoms with Gasteiger partial charge in [0.15, 0.2) is 0 Å². The second kappa shape index (κ2) is 5.32. The van der Waals surface area contributed by atoms with Crippen LogP contribution in [0.4, 0.5) is 0 Å². The second-order valence-electron chi connectivity index (χ2n) is 7.22. The van der Waals surface area contributed by atoms with E-state index in [0.717, 1.165) is 5.92 Å². The molecule has 1 fully saturated rings. The smallest absolute Gasteiger partial charge is 0.310 e. The van der Waals surface area contributed by atoms with Gasteiger partial charge >= 0.3 is 5.97 Å². The van der Waals surface area contributed by atoms with Crippen LogP contribution >= 0.6 is 0 Å². The van der Waals surface area contributed by atoms with Crippen molar-refractivity contribution in [1.82, 2.24) is 0 Å². The highest BCUT2D eigenvalue weighted by molar-refractivity contribution is 5.71. The second-order valence-corrected chi connectivity index (χ2v) is 7.22. The Morgan fingerprint density at radius 3 is 2.86 bits per heavy atom. The third kappa shape index (κ3) is 3.20. The zero-order valence-corrected chi connectivity index (χ0v) is 13.1. The highest BCUT2D eigenvalue weighted by atomic mass is 16.6. The van der Waals surface area contributed by atoms with Crippen LogP contribution in [0, 0.1) is 11.8 Å². The molecule has 2 aliphatic rings. The maximum atomic E-state index is 11.7. The van der Waals surface area contributed by atoms with Crippen LogP contribution in [0.2, 0.25) is 0 Å². The van der Waals surface area contributed by atoms with Gasteiger partial charge in [-0.1, -0.05) is 36.4 Å². The molecule has 21 heavy (non-hydrogen) atoms. The predicted molar refractivity (Wildman–Crippen MR) is 84.1 cm³/mol. The molecule has 0 aliphatic heterocycles. The minimum absolute atomic E-state index is 0.136.